The van der Waals surface area contributed by atoms with Gasteiger partial charge in [-0.1, -0.05) is 13.8 Å². The van der Waals surface area contributed by atoms with Gasteiger partial charge in [-0.25, -0.2) is 0 Å². The summed E-state index contributed by atoms with van der Waals surface area (Å²) in [5, 5.41) is 5.89. The molecule has 0 aromatic heterocycles. The van der Waals surface area contributed by atoms with Crippen LogP contribution in [0.4, 0.5) is 0 Å². The van der Waals surface area contributed by atoms with Crippen molar-refractivity contribution in [2.45, 2.75) is 44.8 Å². The molecule has 1 aliphatic rings. The number of hydrogen-bond acceptors (Lipinski definition) is 3. The molecular formula is C11H23N2O4P. The number of carbonyl (C=O) groups excluding carboxylic acids is 1. The van der Waals surface area contributed by atoms with Crippen molar-refractivity contribution in [3.63, 3.8) is 0 Å². The third-order valence-corrected chi connectivity index (χ3v) is 4.30. The molecule has 0 aromatic carbocycles. The fourth-order valence-corrected chi connectivity index (χ4v) is 3.19. The van der Waals surface area contributed by atoms with Crippen molar-refractivity contribution in [3.05, 3.63) is 0 Å². The van der Waals surface area contributed by atoms with E-state index in [0.29, 0.717) is 6.54 Å². The van der Waals surface area contributed by atoms with E-state index < -0.39 is 19.2 Å². The lowest BCUT2D eigenvalue weighted by molar-refractivity contribution is -0.122. The van der Waals surface area contributed by atoms with Gasteiger partial charge in [-0.15, -0.1) is 0 Å². The van der Waals surface area contributed by atoms with Crippen molar-refractivity contribution >= 4 is 13.5 Å². The van der Waals surface area contributed by atoms with Crippen LogP contribution in [-0.2, 0) is 9.36 Å². The van der Waals surface area contributed by atoms with Gasteiger partial charge in [-0.05, 0) is 31.7 Å². The second kappa shape index (κ2) is 6.66. The van der Waals surface area contributed by atoms with Crippen molar-refractivity contribution in [1.29, 1.82) is 0 Å². The number of rotatable bonds is 5. The number of nitrogens with one attached hydrogen (secondary N) is 2. The number of hydrogen-bond donors (Lipinski definition) is 4. The van der Waals surface area contributed by atoms with E-state index in [1.54, 1.807) is 0 Å². The lowest BCUT2D eigenvalue weighted by Crippen LogP contribution is -2.48. The highest BCUT2D eigenvalue weighted by Crippen LogP contribution is 2.44. The molecule has 2 atom stereocenters. The van der Waals surface area contributed by atoms with Gasteiger partial charge in [0.05, 0.1) is 0 Å². The molecule has 1 amide bonds. The highest BCUT2D eigenvalue weighted by atomic mass is 31.2. The zero-order valence-electron chi connectivity index (χ0n) is 10.9. The minimum absolute atomic E-state index is 0.0209. The van der Waals surface area contributed by atoms with E-state index in [0.717, 1.165) is 19.4 Å². The Bertz CT molecular complexity index is 323. The molecule has 0 aromatic rings. The molecule has 1 aliphatic heterocycles. The summed E-state index contributed by atoms with van der Waals surface area (Å²) in [4.78, 5) is 30.5. The maximum atomic E-state index is 12.0. The van der Waals surface area contributed by atoms with E-state index in [1.807, 2.05) is 13.8 Å². The summed E-state index contributed by atoms with van der Waals surface area (Å²) < 4.78 is 11.4. The summed E-state index contributed by atoms with van der Waals surface area (Å²) in [6.45, 7) is 5.29. The smallest absolute Gasteiger partial charge is 0.337 e. The molecule has 106 valence electrons. The normalized spacial score (nSPS) is 22.8. The maximum Gasteiger partial charge on any atom is 0.337 e. The highest BCUT2D eigenvalue weighted by molar-refractivity contribution is 7.53. The van der Waals surface area contributed by atoms with Gasteiger partial charge in [0.25, 0.3) is 0 Å². The first-order valence-electron chi connectivity index (χ1n) is 6.37. The predicted octanol–water partition coefficient (Wildman–Crippen LogP) is 0.447. The number of carbonyl (C=O) groups is 1. The van der Waals surface area contributed by atoms with Gasteiger partial charge >= 0.3 is 7.60 Å². The van der Waals surface area contributed by atoms with Crippen LogP contribution in [-0.4, -0.2) is 40.5 Å². The van der Waals surface area contributed by atoms with Crippen LogP contribution in [0.15, 0.2) is 0 Å². The third-order valence-electron chi connectivity index (χ3n) is 3.05. The Kier molecular flexibility index (Phi) is 5.79. The maximum absolute atomic E-state index is 12.0. The van der Waals surface area contributed by atoms with Crippen LogP contribution in [0, 0.1) is 5.92 Å². The van der Waals surface area contributed by atoms with Crippen LogP contribution in [0.2, 0.25) is 0 Å². The molecule has 0 bridgehead atoms. The molecule has 0 radical (unpaired) electrons. The third kappa shape index (κ3) is 5.06. The Morgan fingerprint density at radius 1 is 1.50 bits per heavy atom. The summed E-state index contributed by atoms with van der Waals surface area (Å²) in [5.74, 6) is -0.455. The van der Waals surface area contributed by atoms with Gasteiger partial charge in [0.1, 0.15) is 5.66 Å². The fourth-order valence-electron chi connectivity index (χ4n) is 2.12. The monoisotopic (exact) mass is 278 g/mol. The van der Waals surface area contributed by atoms with E-state index in [2.05, 4.69) is 10.6 Å². The Hall–Kier alpha value is -0.420. The van der Waals surface area contributed by atoms with Crippen LogP contribution in [0.25, 0.3) is 0 Å². The molecule has 1 saturated heterocycles. The second-order valence-corrected chi connectivity index (χ2v) is 7.09. The zero-order chi connectivity index (χ0) is 13.8. The standard InChI is InChI=1S/C11H23N2O4P/c1-8(2)6-10(18(15,16)17)11(14)13-9-4-3-5-12-7-9/h8-10,12H,3-7H2,1-2H3,(H,13,14)(H2,15,16,17)/t9-,10?/m1/s1. The Labute approximate surface area is 108 Å². The molecule has 18 heavy (non-hydrogen) atoms. The lowest BCUT2D eigenvalue weighted by Gasteiger charge is -2.27. The zero-order valence-corrected chi connectivity index (χ0v) is 11.8. The van der Waals surface area contributed by atoms with Gasteiger partial charge in [0, 0.05) is 12.6 Å². The van der Waals surface area contributed by atoms with Crippen molar-refractivity contribution < 1.29 is 19.1 Å². The second-order valence-electron chi connectivity index (χ2n) is 5.29. The minimum Gasteiger partial charge on any atom is -0.351 e. The van der Waals surface area contributed by atoms with Gasteiger partial charge in [0.15, 0.2) is 0 Å². The number of amides is 1. The van der Waals surface area contributed by atoms with Gasteiger partial charge in [0.2, 0.25) is 5.91 Å². The summed E-state index contributed by atoms with van der Waals surface area (Å²) >= 11 is 0. The topological polar surface area (TPSA) is 98.7 Å². The SMILES string of the molecule is CC(C)CC(C(=O)N[C@@H]1CCCNC1)P(=O)(O)O. The number of piperidine rings is 1. The van der Waals surface area contributed by atoms with Gasteiger partial charge in [-0.3, -0.25) is 9.36 Å². The van der Waals surface area contributed by atoms with E-state index in [-0.39, 0.29) is 18.4 Å². The first kappa shape index (κ1) is 15.6. The average molecular weight is 278 g/mol. The van der Waals surface area contributed by atoms with Crippen LogP contribution >= 0.6 is 7.60 Å². The van der Waals surface area contributed by atoms with Gasteiger partial charge < -0.3 is 20.4 Å². The quantitative estimate of drug-likeness (QED) is 0.547. The van der Waals surface area contributed by atoms with Crippen LogP contribution < -0.4 is 10.6 Å². The Balaban J connectivity index is 2.61. The molecule has 6 nitrogen and oxygen atoms in total. The minimum atomic E-state index is -4.39. The average Bonchev–Trinajstić information content (AvgIpc) is 2.25. The summed E-state index contributed by atoms with van der Waals surface area (Å²) in [5.41, 5.74) is -1.22. The molecule has 7 heteroatoms. The summed E-state index contributed by atoms with van der Waals surface area (Å²) in [6, 6.07) is -0.0209. The first-order chi connectivity index (χ1) is 8.30. The molecular weight excluding hydrogens is 255 g/mol. The van der Waals surface area contributed by atoms with Crippen molar-refractivity contribution in [2.24, 2.45) is 5.92 Å². The fraction of sp³-hybridized carbons (Fsp3) is 0.909. The van der Waals surface area contributed by atoms with Crippen molar-refractivity contribution in [1.82, 2.24) is 10.6 Å². The van der Waals surface area contributed by atoms with Crippen LogP contribution in [0.3, 0.4) is 0 Å². The molecule has 1 rings (SSSR count). The van der Waals surface area contributed by atoms with E-state index >= 15 is 0 Å². The molecule has 1 heterocycles. The van der Waals surface area contributed by atoms with Gasteiger partial charge in [-0.2, -0.15) is 0 Å². The molecule has 0 spiro atoms. The van der Waals surface area contributed by atoms with Crippen molar-refractivity contribution in [2.75, 3.05) is 13.1 Å². The van der Waals surface area contributed by atoms with E-state index in [9.17, 15) is 19.1 Å². The summed E-state index contributed by atoms with van der Waals surface area (Å²) in [6.07, 6.45) is 2.03. The molecule has 1 fully saturated rings. The summed E-state index contributed by atoms with van der Waals surface area (Å²) in [7, 11) is -4.39. The Morgan fingerprint density at radius 2 is 2.17 bits per heavy atom. The molecule has 1 unspecified atom stereocenters. The van der Waals surface area contributed by atoms with Crippen LogP contribution in [0.5, 0.6) is 0 Å². The predicted molar refractivity (Wildman–Crippen MR) is 69.3 cm³/mol. The molecule has 4 N–H and O–H groups in total. The first-order valence-corrected chi connectivity index (χ1v) is 8.05. The van der Waals surface area contributed by atoms with E-state index in [1.165, 1.54) is 0 Å². The molecule has 0 saturated carbocycles. The van der Waals surface area contributed by atoms with E-state index in [4.69, 9.17) is 0 Å². The van der Waals surface area contributed by atoms with Crippen LogP contribution in [0.1, 0.15) is 33.1 Å². The highest BCUT2D eigenvalue weighted by Gasteiger charge is 2.36. The largest absolute Gasteiger partial charge is 0.351 e. The molecule has 0 aliphatic carbocycles. The van der Waals surface area contributed by atoms with Crippen molar-refractivity contribution in [3.8, 4) is 0 Å². The lowest BCUT2D eigenvalue weighted by atomic mass is 10.1. The Morgan fingerprint density at radius 3 is 2.61 bits per heavy atom.